The minimum Gasteiger partial charge on any atom is -0.458 e. The molecule has 1 saturated carbocycles. The number of ether oxygens (including phenoxy) is 2. The topological polar surface area (TPSA) is 140 Å². The van der Waals surface area contributed by atoms with Crippen LogP contribution in [-0.4, -0.2) is 76.3 Å². The van der Waals surface area contributed by atoms with Crippen LogP contribution >= 0.6 is 11.8 Å². The molecule has 0 radical (unpaired) electrons. The third-order valence-electron chi connectivity index (χ3n) is 8.78. The lowest BCUT2D eigenvalue weighted by atomic mass is 9.81. The van der Waals surface area contributed by atoms with E-state index < -0.39 is 96.0 Å². The molecule has 300 valence electrons. The summed E-state index contributed by atoms with van der Waals surface area (Å²) < 4.78 is 66.9. The number of alkyl carbamates (subject to hydrolysis) is 1. The largest absolute Gasteiger partial charge is 0.458 e. The third-order valence-corrected chi connectivity index (χ3v) is 9.84. The van der Waals surface area contributed by atoms with Crippen molar-refractivity contribution in [3.05, 3.63) is 71.0 Å². The molecule has 10 nitrogen and oxygen atoms in total. The van der Waals surface area contributed by atoms with E-state index in [1.807, 2.05) is 0 Å². The molecule has 0 saturated heterocycles. The molecule has 1 aliphatic heterocycles. The van der Waals surface area contributed by atoms with Crippen LogP contribution in [0.4, 0.5) is 22.4 Å². The number of aliphatic imine (C=N–C) groups is 1. The molecule has 2 aromatic carbocycles. The van der Waals surface area contributed by atoms with Crippen molar-refractivity contribution in [3.63, 3.8) is 0 Å². The van der Waals surface area contributed by atoms with Crippen LogP contribution in [0.5, 0.6) is 0 Å². The summed E-state index contributed by atoms with van der Waals surface area (Å²) >= 11 is 0.957. The number of nitrogens with one attached hydrogen (secondary N) is 2. The molecule has 1 heterocycles. The second-order valence-electron chi connectivity index (χ2n) is 15.9. The van der Waals surface area contributed by atoms with E-state index in [0.717, 1.165) is 24.6 Å². The highest BCUT2D eigenvalue weighted by Crippen LogP contribution is 2.40. The molecule has 2 amide bonds. The molecule has 0 unspecified atom stereocenters. The van der Waals surface area contributed by atoms with Crippen molar-refractivity contribution in [2.45, 2.75) is 110 Å². The van der Waals surface area contributed by atoms with E-state index in [0.29, 0.717) is 11.1 Å². The van der Waals surface area contributed by atoms with Crippen molar-refractivity contribution in [1.82, 2.24) is 10.6 Å². The average molecular weight is 792 g/mol. The summed E-state index contributed by atoms with van der Waals surface area (Å²) in [6, 6.07) is 11.7. The third kappa shape index (κ3) is 13.8. The van der Waals surface area contributed by atoms with Crippen molar-refractivity contribution >= 4 is 47.0 Å². The van der Waals surface area contributed by atoms with Crippen molar-refractivity contribution in [1.29, 1.82) is 0 Å². The van der Waals surface area contributed by atoms with Crippen molar-refractivity contribution in [3.8, 4) is 0 Å². The molecule has 0 aromatic heterocycles. The molecule has 0 bridgehead atoms. The average Bonchev–Trinajstić information content (AvgIpc) is 3.90. The molecule has 1 fully saturated rings. The van der Waals surface area contributed by atoms with Gasteiger partial charge >= 0.3 is 18.2 Å². The van der Waals surface area contributed by atoms with Gasteiger partial charge in [0.2, 0.25) is 5.91 Å². The first-order valence-electron chi connectivity index (χ1n) is 18.2. The summed E-state index contributed by atoms with van der Waals surface area (Å²) in [7, 11) is 0. The van der Waals surface area contributed by atoms with Gasteiger partial charge in [0.05, 0.1) is 11.5 Å². The maximum Gasteiger partial charge on any atom is 0.408 e. The Kier molecular flexibility index (Phi) is 14.3. The number of halogens is 4. The van der Waals surface area contributed by atoms with Gasteiger partial charge in [-0.05, 0) is 66.4 Å². The number of benzene rings is 2. The summed E-state index contributed by atoms with van der Waals surface area (Å²) in [4.78, 5) is 71.8. The summed E-state index contributed by atoms with van der Waals surface area (Å²) in [6.07, 6.45) is -8.00. The van der Waals surface area contributed by atoms with Crippen LogP contribution in [0.2, 0.25) is 0 Å². The Labute approximate surface area is 323 Å². The lowest BCUT2D eigenvalue weighted by Gasteiger charge is -2.28. The first kappa shape index (κ1) is 43.5. The Morgan fingerprint density at radius 2 is 1.56 bits per heavy atom. The summed E-state index contributed by atoms with van der Waals surface area (Å²) in [5, 5.41) is 5.01. The van der Waals surface area contributed by atoms with Gasteiger partial charge in [0.15, 0.2) is 11.9 Å². The molecule has 4 atom stereocenters. The maximum atomic E-state index is 15.1. The van der Waals surface area contributed by atoms with E-state index in [-0.39, 0.29) is 35.1 Å². The highest BCUT2D eigenvalue weighted by atomic mass is 32.2. The molecule has 2 N–H and O–H groups in total. The van der Waals surface area contributed by atoms with Crippen molar-refractivity contribution in [2.24, 2.45) is 22.7 Å². The van der Waals surface area contributed by atoms with Crippen molar-refractivity contribution in [2.75, 3.05) is 11.5 Å². The predicted octanol–water partition coefficient (Wildman–Crippen LogP) is 7.14. The first-order valence-corrected chi connectivity index (χ1v) is 19.4. The highest BCUT2D eigenvalue weighted by molar-refractivity contribution is 8.00. The number of alkyl halides is 3. The Morgan fingerprint density at radius 3 is 2.16 bits per heavy atom. The fourth-order valence-electron chi connectivity index (χ4n) is 6.13. The molecule has 55 heavy (non-hydrogen) atoms. The van der Waals surface area contributed by atoms with E-state index in [4.69, 9.17) is 9.47 Å². The van der Waals surface area contributed by atoms with E-state index >= 15 is 4.39 Å². The quantitative estimate of drug-likeness (QED) is 0.143. The van der Waals surface area contributed by atoms with Gasteiger partial charge < -0.3 is 20.1 Å². The summed E-state index contributed by atoms with van der Waals surface area (Å²) in [6.45, 7) is 9.88. The Bertz CT molecular complexity index is 1750. The number of rotatable bonds is 15. The van der Waals surface area contributed by atoms with Crippen LogP contribution in [0.1, 0.15) is 90.3 Å². The maximum absolute atomic E-state index is 15.1. The van der Waals surface area contributed by atoms with Gasteiger partial charge in [0, 0.05) is 47.1 Å². The van der Waals surface area contributed by atoms with Gasteiger partial charge in [-0.3, -0.25) is 19.4 Å². The zero-order valence-corrected chi connectivity index (χ0v) is 32.7. The van der Waals surface area contributed by atoms with Gasteiger partial charge in [-0.25, -0.2) is 14.0 Å². The first-order chi connectivity index (χ1) is 25.6. The smallest absolute Gasteiger partial charge is 0.408 e. The SMILES string of the molecule is CC(C)(C)OC(=O)N[C@@H](CSCC(=O)[C@@H](CC1CC1)[C@@H](CCC(F)(F)F)C(=O)N[C@H]1N=C(c2ccccc2)c2cccc(F)c2CC1=O)C(=O)OC(C)(C)C. The Hall–Kier alpha value is -4.27. The molecule has 15 heteroatoms. The minimum absolute atomic E-state index is 0.0168. The number of thioether (sulfide) groups is 1. The molecule has 4 rings (SSSR count). The monoisotopic (exact) mass is 791 g/mol. The number of carbonyl (C=O) groups is 5. The predicted molar refractivity (Wildman–Crippen MR) is 200 cm³/mol. The molecule has 2 aliphatic rings. The number of ketones is 2. The van der Waals surface area contributed by atoms with Crippen molar-refractivity contribution < 1.29 is 51.0 Å². The number of hydrogen-bond acceptors (Lipinski definition) is 9. The summed E-state index contributed by atoms with van der Waals surface area (Å²) in [5.74, 6) is -6.63. The number of amides is 2. The highest BCUT2D eigenvalue weighted by Gasteiger charge is 2.42. The van der Waals surface area contributed by atoms with E-state index in [2.05, 4.69) is 15.6 Å². The number of nitrogens with zero attached hydrogens (tertiary/aromatic N) is 1. The minimum atomic E-state index is -4.65. The zero-order chi connectivity index (χ0) is 40.7. The summed E-state index contributed by atoms with van der Waals surface area (Å²) in [5.41, 5.74) is -0.605. The Balaban J connectivity index is 1.59. The number of Topliss-reactive ketones (excluding diaryl/α,β-unsaturated/α-hetero) is 2. The molecular weight excluding hydrogens is 743 g/mol. The second kappa shape index (κ2) is 18.1. The van der Waals surface area contributed by atoms with Crippen LogP contribution in [0, 0.1) is 23.6 Å². The Morgan fingerprint density at radius 1 is 0.909 bits per heavy atom. The van der Waals surface area contributed by atoms with Gasteiger partial charge in [0.25, 0.3) is 0 Å². The number of carbonyl (C=O) groups excluding carboxylic acids is 5. The van der Waals surface area contributed by atoms with E-state index in [1.165, 1.54) is 12.1 Å². The molecule has 2 aromatic rings. The normalized spacial score (nSPS) is 17.8. The standard InChI is InChI=1S/C40H49F4N3O7S/c1-38(2,3)53-36(51)30(45-37(52)54-39(4,5)6)21-55-22-32(49)28(19-23-15-16-23)26(17-18-40(42,43)44)35(50)47-34-31(48)20-27-25(13-10-14-29(27)41)33(46-34)24-11-8-7-9-12-24/h7-14,23,26,28,30,34H,15-22H2,1-6H3,(H,45,52)(H,47,50)/t26-,28+,30+,34-/m1/s1. The lowest BCUT2D eigenvalue weighted by molar-refractivity contribution is -0.156. The molecule has 0 spiro atoms. The fraction of sp³-hybridized carbons (Fsp3) is 0.550. The van der Waals surface area contributed by atoms with Crippen LogP contribution in [0.25, 0.3) is 0 Å². The van der Waals surface area contributed by atoms with Crippen LogP contribution in [0.3, 0.4) is 0 Å². The van der Waals surface area contributed by atoms with Crippen LogP contribution in [-0.2, 0) is 35.1 Å². The second-order valence-corrected chi connectivity index (χ2v) is 17.0. The van der Waals surface area contributed by atoms with E-state index in [1.54, 1.807) is 77.9 Å². The van der Waals surface area contributed by atoms with Crippen LogP contribution < -0.4 is 10.6 Å². The molecular formula is C40H49F4N3O7S. The van der Waals surface area contributed by atoms with Crippen LogP contribution in [0.15, 0.2) is 53.5 Å². The molecule has 1 aliphatic carbocycles. The number of hydrogen-bond donors (Lipinski definition) is 2. The number of fused-ring (bicyclic) bond motifs is 1. The number of esters is 1. The van der Waals surface area contributed by atoms with E-state index in [9.17, 15) is 37.1 Å². The zero-order valence-electron chi connectivity index (χ0n) is 31.9. The van der Waals surface area contributed by atoms with Gasteiger partial charge in [0.1, 0.15) is 28.8 Å². The lowest BCUT2D eigenvalue weighted by Crippen LogP contribution is -2.48. The fourth-order valence-corrected chi connectivity index (χ4v) is 7.11. The van der Waals surface area contributed by atoms with Gasteiger partial charge in [-0.2, -0.15) is 24.9 Å². The van der Waals surface area contributed by atoms with Gasteiger partial charge in [-0.1, -0.05) is 55.3 Å². The van der Waals surface area contributed by atoms with Gasteiger partial charge in [-0.15, -0.1) is 0 Å².